The van der Waals surface area contributed by atoms with Crippen LogP contribution in [0.1, 0.15) is 23.7 Å². The lowest BCUT2D eigenvalue weighted by Crippen LogP contribution is -2.36. The smallest absolute Gasteiger partial charge is 0.271 e. The van der Waals surface area contributed by atoms with Crippen LogP contribution in [0.4, 0.5) is 0 Å². The second kappa shape index (κ2) is 7.47. The monoisotopic (exact) mass is 397 g/mol. The molecule has 1 heterocycles. The lowest BCUT2D eigenvalue weighted by atomic mass is 10.1. The van der Waals surface area contributed by atoms with Gasteiger partial charge in [0, 0.05) is 40.2 Å². The predicted octanol–water partition coefficient (Wildman–Crippen LogP) is 2.66. The number of amides is 1. The molecule has 0 fully saturated rings. The Labute approximate surface area is 156 Å². The summed E-state index contributed by atoms with van der Waals surface area (Å²) < 4.78 is 25.4. The molecule has 0 spiro atoms. The Morgan fingerprint density at radius 1 is 1.32 bits per heavy atom. The highest BCUT2D eigenvalue weighted by molar-refractivity contribution is 7.89. The largest absolute Gasteiger partial charge is 0.390 e. The number of allylic oxidation sites excluding steroid dienone is 2. The number of hydrogen-bond donors (Lipinski definition) is 1. The van der Waals surface area contributed by atoms with Crippen LogP contribution in [-0.4, -0.2) is 35.6 Å². The second-order valence-electron chi connectivity index (χ2n) is 5.44. The first-order chi connectivity index (χ1) is 11.6. The van der Waals surface area contributed by atoms with Crippen LogP contribution in [0, 0.1) is 0 Å². The number of benzene rings is 1. The summed E-state index contributed by atoms with van der Waals surface area (Å²) >= 11 is 10.8. The van der Waals surface area contributed by atoms with Gasteiger partial charge in [0.15, 0.2) is 0 Å². The number of rotatable bonds is 4. The van der Waals surface area contributed by atoms with Crippen molar-refractivity contribution in [3.63, 3.8) is 0 Å². The third kappa shape index (κ3) is 4.75. The van der Waals surface area contributed by atoms with Gasteiger partial charge in [-0.1, -0.05) is 23.8 Å². The molecule has 1 amide bonds. The van der Waals surface area contributed by atoms with E-state index < -0.39 is 15.9 Å². The number of aliphatic imine (C=N–C) groups is 1. The molecule has 0 bridgehead atoms. The summed E-state index contributed by atoms with van der Waals surface area (Å²) in [5, 5.41) is 0.442. The first-order valence-corrected chi connectivity index (χ1v) is 9.77. The summed E-state index contributed by atoms with van der Waals surface area (Å²) in [7, 11) is -3.89. The maximum Gasteiger partial charge on any atom is 0.271 e. The molecular formula is C16H16ClN3O3S2. The van der Waals surface area contributed by atoms with Crippen LogP contribution in [0.5, 0.6) is 0 Å². The SMILES string of the molecule is CC1=NC=C(C(N)=S)CC(N(C(=O)c2ccc(Cl)cc2)S(C)(=O)=O)=C1. The number of carbonyl (C=O) groups is 1. The Kier molecular flexibility index (Phi) is 5.76. The molecule has 0 saturated carbocycles. The Morgan fingerprint density at radius 2 is 1.92 bits per heavy atom. The molecule has 9 heteroatoms. The van der Waals surface area contributed by atoms with Gasteiger partial charge in [0.25, 0.3) is 5.91 Å². The van der Waals surface area contributed by atoms with Gasteiger partial charge in [-0.05, 0) is 37.3 Å². The highest BCUT2D eigenvalue weighted by Crippen LogP contribution is 2.24. The summed E-state index contributed by atoms with van der Waals surface area (Å²) in [6.45, 7) is 1.69. The van der Waals surface area contributed by atoms with Crippen LogP contribution in [-0.2, 0) is 10.0 Å². The molecule has 1 aliphatic rings. The van der Waals surface area contributed by atoms with Crippen molar-refractivity contribution in [2.75, 3.05) is 6.26 Å². The van der Waals surface area contributed by atoms with E-state index >= 15 is 0 Å². The van der Waals surface area contributed by atoms with E-state index in [1.165, 1.54) is 36.5 Å². The Morgan fingerprint density at radius 3 is 2.44 bits per heavy atom. The number of nitrogens with two attached hydrogens (primary N) is 1. The minimum Gasteiger partial charge on any atom is -0.390 e. The molecule has 1 aromatic rings. The maximum absolute atomic E-state index is 12.8. The highest BCUT2D eigenvalue weighted by atomic mass is 35.5. The Bertz CT molecular complexity index is 916. The number of hydrogen-bond acceptors (Lipinski definition) is 5. The van der Waals surface area contributed by atoms with Crippen molar-refractivity contribution in [3.8, 4) is 0 Å². The van der Waals surface area contributed by atoms with Gasteiger partial charge in [-0.15, -0.1) is 0 Å². The molecule has 1 aromatic carbocycles. The van der Waals surface area contributed by atoms with Gasteiger partial charge in [-0.3, -0.25) is 9.79 Å². The van der Waals surface area contributed by atoms with Crippen molar-refractivity contribution >= 4 is 50.4 Å². The summed E-state index contributed by atoms with van der Waals surface area (Å²) in [5.74, 6) is -0.692. The molecule has 132 valence electrons. The first-order valence-electron chi connectivity index (χ1n) is 7.13. The van der Waals surface area contributed by atoms with Crippen LogP contribution >= 0.6 is 23.8 Å². The molecule has 1 aliphatic heterocycles. The van der Waals surface area contributed by atoms with Crippen LogP contribution in [0.25, 0.3) is 0 Å². The van der Waals surface area contributed by atoms with Gasteiger partial charge >= 0.3 is 0 Å². The number of thiocarbonyl (C=S) groups is 1. The van der Waals surface area contributed by atoms with Crippen molar-refractivity contribution in [3.05, 3.63) is 58.4 Å². The zero-order valence-electron chi connectivity index (χ0n) is 13.6. The van der Waals surface area contributed by atoms with E-state index in [4.69, 9.17) is 29.6 Å². The normalized spacial score (nSPS) is 14.8. The van der Waals surface area contributed by atoms with E-state index in [0.717, 1.165) is 10.6 Å². The Hall–Kier alpha value is -2.03. The molecular weight excluding hydrogens is 382 g/mol. The van der Waals surface area contributed by atoms with E-state index in [2.05, 4.69) is 4.99 Å². The summed E-state index contributed by atoms with van der Waals surface area (Å²) in [4.78, 5) is 17.1. The molecule has 0 aliphatic carbocycles. The van der Waals surface area contributed by atoms with Crippen molar-refractivity contribution in [2.24, 2.45) is 10.7 Å². The molecule has 25 heavy (non-hydrogen) atoms. The topological polar surface area (TPSA) is 92.8 Å². The fourth-order valence-electron chi connectivity index (χ4n) is 2.23. The van der Waals surface area contributed by atoms with Crippen LogP contribution in [0.3, 0.4) is 0 Å². The molecule has 0 unspecified atom stereocenters. The minimum atomic E-state index is -3.89. The van der Waals surface area contributed by atoms with Gasteiger partial charge < -0.3 is 5.73 Å². The van der Waals surface area contributed by atoms with E-state index in [1.54, 1.807) is 6.92 Å². The lowest BCUT2D eigenvalue weighted by Gasteiger charge is -2.23. The van der Waals surface area contributed by atoms with Crippen LogP contribution in [0.2, 0.25) is 5.02 Å². The third-order valence-corrected chi connectivity index (χ3v) is 4.93. The van der Waals surface area contributed by atoms with Gasteiger partial charge in [0.1, 0.15) is 4.99 Å². The molecule has 0 saturated heterocycles. The molecule has 0 atom stereocenters. The lowest BCUT2D eigenvalue weighted by molar-refractivity contribution is 0.0888. The van der Waals surface area contributed by atoms with E-state index in [0.29, 0.717) is 16.3 Å². The fraction of sp³-hybridized carbons (Fsp3) is 0.188. The van der Waals surface area contributed by atoms with Gasteiger partial charge in [-0.2, -0.15) is 0 Å². The second-order valence-corrected chi connectivity index (χ2v) is 8.15. The fourth-order valence-corrected chi connectivity index (χ4v) is 3.44. The van der Waals surface area contributed by atoms with Crippen LogP contribution in [0.15, 0.2) is 52.8 Å². The first kappa shape index (κ1) is 19.3. The maximum atomic E-state index is 12.8. The zero-order chi connectivity index (χ0) is 18.8. The van der Waals surface area contributed by atoms with Crippen molar-refractivity contribution in [1.82, 2.24) is 4.31 Å². The highest BCUT2D eigenvalue weighted by Gasteiger charge is 2.29. The van der Waals surface area contributed by atoms with Gasteiger partial charge in [0.2, 0.25) is 10.0 Å². The molecule has 0 radical (unpaired) electrons. The van der Waals surface area contributed by atoms with E-state index in [-0.39, 0.29) is 22.7 Å². The van der Waals surface area contributed by atoms with Gasteiger partial charge in [-0.25, -0.2) is 12.7 Å². The minimum absolute atomic E-state index is 0.0720. The average Bonchev–Trinajstić information content (AvgIpc) is 2.68. The van der Waals surface area contributed by atoms with E-state index in [9.17, 15) is 13.2 Å². The molecule has 6 nitrogen and oxygen atoms in total. The quantitative estimate of drug-likeness (QED) is 0.788. The molecule has 0 aromatic heterocycles. The standard InChI is InChI=1S/C16H16ClN3O3S2/c1-10-7-14(8-12(9-19-10)15(18)24)20(25(2,22)23)16(21)11-3-5-13(17)6-4-11/h3-7,9H,8H2,1-2H3,(H2,18,24). The summed E-state index contributed by atoms with van der Waals surface area (Å²) in [6.07, 6.45) is 4.04. The Balaban J connectivity index is 2.53. The molecule has 2 rings (SSSR count). The summed E-state index contributed by atoms with van der Waals surface area (Å²) in [5.41, 5.74) is 7.06. The predicted molar refractivity (Wildman–Crippen MR) is 103 cm³/mol. The average molecular weight is 398 g/mol. The third-order valence-electron chi connectivity index (χ3n) is 3.36. The summed E-state index contributed by atoms with van der Waals surface area (Å²) in [6, 6.07) is 5.96. The number of halogens is 1. The molecule has 2 N–H and O–H groups in total. The number of nitrogens with zero attached hydrogens (tertiary/aromatic N) is 2. The number of carbonyl (C=O) groups excluding carboxylic acids is 1. The van der Waals surface area contributed by atoms with Crippen molar-refractivity contribution in [2.45, 2.75) is 13.3 Å². The van der Waals surface area contributed by atoms with Gasteiger partial charge in [0.05, 0.1) is 6.26 Å². The van der Waals surface area contributed by atoms with Crippen molar-refractivity contribution < 1.29 is 13.2 Å². The van der Waals surface area contributed by atoms with Crippen LogP contribution < -0.4 is 5.73 Å². The van der Waals surface area contributed by atoms with Crippen molar-refractivity contribution in [1.29, 1.82) is 0 Å². The number of sulfonamides is 1. The zero-order valence-corrected chi connectivity index (χ0v) is 16.0. The van der Waals surface area contributed by atoms with E-state index in [1.807, 2.05) is 0 Å².